The molecule has 1 aromatic carbocycles. The molecular formula is C9H7F2NO5. The third kappa shape index (κ3) is 2.86. The molecule has 1 aromatic rings. The van der Waals surface area contributed by atoms with Crippen molar-refractivity contribution in [2.45, 2.75) is 13.0 Å². The standard InChI is InChI=1S/C9H7F2NO5/c1-5-4-6(12(15)16)2-3-7(5)17-9(10,11)8(13)14/h2-4H,1H3,(H,13,14). The molecule has 0 bridgehead atoms. The minimum absolute atomic E-state index is 0.0418. The van der Waals surface area contributed by atoms with Gasteiger partial charge in [0, 0.05) is 12.1 Å². The monoisotopic (exact) mass is 247 g/mol. The molecule has 0 amide bonds. The van der Waals surface area contributed by atoms with Gasteiger partial charge in [-0.05, 0) is 18.6 Å². The highest BCUT2D eigenvalue weighted by Crippen LogP contribution is 2.28. The van der Waals surface area contributed by atoms with Gasteiger partial charge in [-0.15, -0.1) is 0 Å². The third-order valence-corrected chi connectivity index (χ3v) is 1.86. The van der Waals surface area contributed by atoms with Gasteiger partial charge in [0.25, 0.3) is 5.69 Å². The maximum atomic E-state index is 12.7. The summed E-state index contributed by atoms with van der Waals surface area (Å²) < 4.78 is 29.4. The molecule has 0 radical (unpaired) electrons. The quantitative estimate of drug-likeness (QED) is 0.648. The molecule has 0 aliphatic rings. The van der Waals surface area contributed by atoms with E-state index in [4.69, 9.17) is 5.11 Å². The van der Waals surface area contributed by atoms with Crippen LogP contribution in [0.25, 0.3) is 0 Å². The van der Waals surface area contributed by atoms with Crippen LogP contribution in [-0.2, 0) is 4.79 Å². The lowest BCUT2D eigenvalue weighted by Crippen LogP contribution is -2.35. The number of carboxylic acids is 1. The first-order valence-electron chi connectivity index (χ1n) is 4.29. The summed E-state index contributed by atoms with van der Waals surface area (Å²) in [5.41, 5.74) is -0.256. The second-order valence-electron chi connectivity index (χ2n) is 3.13. The topological polar surface area (TPSA) is 89.7 Å². The number of hydrogen-bond acceptors (Lipinski definition) is 4. The van der Waals surface area contributed by atoms with Crippen LogP contribution < -0.4 is 4.74 Å². The smallest absolute Gasteiger partial charge is 0.474 e. The first-order valence-corrected chi connectivity index (χ1v) is 4.29. The Morgan fingerprint density at radius 1 is 1.53 bits per heavy atom. The van der Waals surface area contributed by atoms with E-state index >= 15 is 0 Å². The Morgan fingerprint density at radius 3 is 2.53 bits per heavy atom. The van der Waals surface area contributed by atoms with Crippen LogP contribution in [0.3, 0.4) is 0 Å². The van der Waals surface area contributed by atoms with Crippen molar-refractivity contribution in [3.8, 4) is 5.75 Å². The van der Waals surface area contributed by atoms with Crippen LogP contribution in [0.4, 0.5) is 14.5 Å². The highest BCUT2D eigenvalue weighted by molar-refractivity contribution is 5.74. The summed E-state index contributed by atoms with van der Waals surface area (Å²) in [6, 6.07) is 2.87. The van der Waals surface area contributed by atoms with E-state index < -0.39 is 22.8 Å². The van der Waals surface area contributed by atoms with E-state index in [2.05, 4.69) is 4.74 Å². The number of halogens is 2. The van der Waals surface area contributed by atoms with Crippen molar-refractivity contribution in [1.82, 2.24) is 0 Å². The predicted octanol–water partition coefficient (Wildman–Crippen LogP) is 1.96. The number of alkyl halides is 2. The van der Waals surface area contributed by atoms with E-state index in [-0.39, 0.29) is 11.3 Å². The number of non-ortho nitro benzene ring substituents is 1. The Hall–Kier alpha value is -2.25. The van der Waals surface area contributed by atoms with E-state index in [1.807, 2.05) is 0 Å². The van der Waals surface area contributed by atoms with Gasteiger partial charge in [0.2, 0.25) is 0 Å². The Kier molecular flexibility index (Phi) is 3.26. The second-order valence-corrected chi connectivity index (χ2v) is 3.13. The molecule has 0 heterocycles. The molecule has 1 rings (SSSR count). The Balaban J connectivity index is 3.02. The Morgan fingerprint density at radius 2 is 2.12 bits per heavy atom. The van der Waals surface area contributed by atoms with Gasteiger partial charge in [0.1, 0.15) is 5.75 Å². The molecule has 1 N–H and O–H groups in total. The van der Waals surface area contributed by atoms with E-state index in [0.29, 0.717) is 0 Å². The predicted molar refractivity (Wildman–Crippen MR) is 51.0 cm³/mol. The van der Waals surface area contributed by atoms with Gasteiger partial charge in [-0.3, -0.25) is 10.1 Å². The Labute approximate surface area is 93.6 Å². The lowest BCUT2D eigenvalue weighted by atomic mass is 10.2. The summed E-state index contributed by atoms with van der Waals surface area (Å²) in [5.74, 6) is -2.86. The first kappa shape index (κ1) is 12.8. The first-order chi connectivity index (χ1) is 7.74. The fourth-order valence-electron chi connectivity index (χ4n) is 1.04. The molecule has 92 valence electrons. The summed E-state index contributed by atoms with van der Waals surface area (Å²) in [5, 5.41) is 18.5. The molecule has 0 fully saturated rings. The number of aryl methyl sites for hydroxylation is 1. The summed E-state index contributed by atoms with van der Waals surface area (Å²) in [6.07, 6.45) is -4.37. The van der Waals surface area contributed by atoms with E-state index in [1.54, 1.807) is 0 Å². The average molecular weight is 247 g/mol. The Bertz CT molecular complexity index is 474. The zero-order valence-electron chi connectivity index (χ0n) is 8.52. The number of ether oxygens (including phenoxy) is 1. The number of nitrogens with zero attached hydrogens (tertiary/aromatic N) is 1. The molecule has 0 aliphatic carbocycles. The van der Waals surface area contributed by atoms with Crippen molar-refractivity contribution < 1.29 is 28.3 Å². The van der Waals surface area contributed by atoms with Crippen LogP contribution in [0.1, 0.15) is 5.56 Å². The average Bonchev–Trinajstić information content (AvgIpc) is 2.20. The van der Waals surface area contributed by atoms with Crippen LogP contribution in [0, 0.1) is 17.0 Å². The SMILES string of the molecule is Cc1cc([N+](=O)[O-])ccc1OC(F)(F)C(=O)O. The van der Waals surface area contributed by atoms with Gasteiger partial charge in [-0.25, -0.2) is 4.79 Å². The van der Waals surface area contributed by atoms with Crippen LogP contribution in [0.5, 0.6) is 5.75 Å². The highest BCUT2D eigenvalue weighted by Gasteiger charge is 2.42. The molecule has 0 spiro atoms. The molecular weight excluding hydrogens is 240 g/mol. The van der Waals surface area contributed by atoms with E-state index in [1.165, 1.54) is 6.92 Å². The van der Waals surface area contributed by atoms with Crippen molar-refractivity contribution in [3.05, 3.63) is 33.9 Å². The number of nitro groups is 1. The van der Waals surface area contributed by atoms with Gasteiger partial charge in [0.15, 0.2) is 0 Å². The van der Waals surface area contributed by atoms with Crippen LogP contribution >= 0.6 is 0 Å². The maximum absolute atomic E-state index is 12.7. The molecule has 0 saturated carbocycles. The van der Waals surface area contributed by atoms with Gasteiger partial charge in [0.05, 0.1) is 4.92 Å². The molecule has 0 unspecified atom stereocenters. The number of nitro benzene ring substituents is 1. The minimum atomic E-state index is -4.37. The zero-order valence-corrected chi connectivity index (χ0v) is 8.52. The van der Waals surface area contributed by atoms with Gasteiger partial charge in [-0.1, -0.05) is 0 Å². The van der Waals surface area contributed by atoms with Gasteiger partial charge in [-0.2, -0.15) is 8.78 Å². The minimum Gasteiger partial charge on any atom is -0.474 e. The zero-order chi connectivity index (χ0) is 13.2. The third-order valence-electron chi connectivity index (χ3n) is 1.86. The van der Waals surface area contributed by atoms with Crippen LogP contribution in [0.2, 0.25) is 0 Å². The number of carbonyl (C=O) groups is 1. The summed E-state index contributed by atoms with van der Waals surface area (Å²) in [6.45, 7) is 1.29. The van der Waals surface area contributed by atoms with Crippen molar-refractivity contribution in [2.75, 3.05) is 0 Å². The van der Waals surface area contributed by atoms with Crippen molar-refractivity contribution >= 4 is 11.7 Å². The number of carboxylic acid groups (broad SMARTS) is 1. The largest absolute Gasteiger partial charge is 0.501 e. The summed E-state index contributed by atoms with van der Waals surface area (Å²) in [4.78, 5) is 19.8. The van der Waals surface area contributed by atoms with Crippen LogP contribution in [0.15, 0.2) is 18.2 Å². The lowest BCUT2D eigenvalue weighted by molar-refractivity contribution is -0.384. The fourth-order valence-corrected chi connectivity index (χ4v) is 1.04. The highest BCUT2D eigenvalue weighted by atomic mass is 19.3. The molecule has 6 nitrogen and oxygen atoms in total. The molecule has 0 aromatic heterocycles. The van der Waals surface area contributed by atoms with Crippen molar-refractivity contribution in [1.29, 1.82) is 0 Å². The molecule has 8 heteroatoms. The number of aliphatic carboxylic acids is 1. The number of hydrogen-bond donors (Lipinski definition) is 1. The second kappa shape index (κ2) is 4.32. The summed E-state index contributed by atoms with van der Waals surface area (Å²) >= 11 is 0. The molecule has 0 atom stereocenters. The molecule has 17 heavy (non-hydrogen) atoms. The molecule has 0 saturated heterocycles. The van der Waals surface area contributed by atoms with Gasteiger partial charge < -0.3 is 9.84 Å². The molecule has 0 aliphatic heterocycles. The number of benzene rings is 1. The van der Waals surface area contributed by atoms with E-state index in [0.717, 1.165) is 18.2 Å². The number of rotatable bonds is 4. The lowest BCUT2D eigenvalue weighted by Gasteiger charge is -2.14. The van der Waals surface area contributed by atoms with Crippen molar-refractivity contribution in [3.63, 3.8) is 0 Å². The maximum Gasteiger partial charge on any atom is 0.501 e. The normalized spacial score (nSPS) is 11.0. The fraction of sp³-hybridized carbons (Fsp3) is 0.222. The van der Waals surface area contributed by atoms with Crippen molar-refractivity contribution in [2.24, 2.45) is 0 Å². The van der Waals surface area contributed by atoms with Gasteiger partial charge >= 0.3 is 12.1 Å². The van der Waals surface area contributed by atoms with E-state index in [9.17, 15) is 23.7 Å². The summed E-state index contributed by atoms with van der Waals surface area (Å²) in [7, 11) is 0. The van der Waals surface area contributed by atoms with Crippen LogP contribution in [-0.4, -0.2) is 22.1 Å².